The zero-order valence-electron chi connectivity index (χ0n) is 28.7. The van der Waals surface area contributed by atoms with Crippen LogP contribution >= 0.6 is 12.6 Å². The fraction of sp³-hybridized carbons (Fsp3) is 0.0426. The molecule has 0 fully saturated rings. The number of fused-ring (bicyclic) bond motifs is 14. The average Bonchev–Trinajstić information content (AvgIpc) is 3.84. The first-order valence-electron chi connectivity index (χ1n) is 17.9. The van der Waals surface area contributed by atoms with Crippen molar-refractivity contribution in [3.05, 3.63) is 180 Å². The maximum Gasteiger partial charge on any atom is 0.238 e. The highest BCUT2D eigenvalue weighted by molar-refractivity contribution is 7.80. The molecule has 2 aromatic heterocycles. The summed E-state index contributed by atoms with van der Waals surface area (Å²) in [7, 11) is 1.99. The Bertz CT molecular complexity index is 2850. The topological polar surface area (TPSA) is 55.6 Å². The number of hydrogen-bond donors (Lipinski definition) is 2. The molecule has 0 amide bonds. The van der Waals surface area contributed by atoms with Gasteiger partial charge in [0.05, 0.1) is 22.1 Å². The second-order valence-electron chi connectivity index (χ2n) is 13.7. The second kappa shape index (κ2) is 11.2. The fourth-order valence-corrected chi connectivity index (χ4v) is 9.60. The summed E-state index contributed by atoms with van der Waals surface area (Å²) in [6.45, 7) is 0. The number of para-hydroxylation sites is 1. The van der Waals surface area contributed by atoms with Gasteiger partial charge in [-0.15, -0.1) is 12.6 Å². The summed E-state index contributed by atoms with van der Waals surface area (Å²) in [6, 6.07) is 55.7. The van der Waals surface area contributed by atoms with Crippen LogP contribution in [0.1, 0.15) is 22.3 Å². The SMILES string of the molecule is CNc1c(S)c2c(c3c1c1ccccc1n3-c1nc(-c3ccccc3)nc(-c3ccccc3)n1)C1(c3ccccc3-c3ccccc31)c1ccccc1-2. The Hall–Kier alpha value is -6.50. The van der Waals surface area contributed by atoms with Gasteiger partial charge in [-0.25, -0.2) is 4.98 Å². The molecule has 0 atom stereocenters. The number of rotatable bonds is 4. The molecular weight excluding hydrogens is 667 g/mol. The first-order chi connectivity index (χ1) is 26.2. The normalized spacial score (nSPS) is 13.2. The summed E-state index contributed by atoms with van der Waals surface area (Å²) < 4.78 is 2.29. The Labute approximate surface area is 312 Å². The van der Waals surface area contributed by atoms with Crippen LogP contribution in [-0.2, 0) is 5.41 Å². The molecule has 0 radical (unpaired) electrons. The van der Waals surface area contributed by atoms with E-state index in [1.165, 1.54) is 38.9 Å². The molecule has 2 aliphatic rings. The van der Waals surface area contributed by atoms with Crippen molar-refractivity contribution in [1.82, 2.24) is 19.5 Å². The highest BCUT2D eigenvalue weighted by atomic mass is 32.1. The minimum atomic E-state index is -0.620. The summed E-state index contributed by atoms with van der Waals surface area (Å²) >= 11 is 5.44. The lowest BCUT2D eigenvalue weighted by Crippen LogP contribution is -2.27. The fourth-order valence-electron chi connectivity index (χ4n) is 9.14. The zero-order chi connectivity index (χ0) is 35.3. The van der Waals surface area contributed by atoms with E-state index in [1.54, 1.807) is 0 Å². The smallest absolute Gasteiger partial charge is 0.238 e. The number of benzene rings is 7. The van der Waals surface area contributed by atoms with Crippen molar-refractivity contribution >= 4 is 40.1 Å². The predicted molar refractivity (Wildman–Crippen MR) is 218 cm³/mol. The Morgan fingerprint density at radius 3 is 1.62 bits per heavy atom. The highest BCUT2D eigenvalue weighted by Gasteiger charge is 2.54. The molecule has 9 aromatic rings. The van der Waals surface area contributed by atoms with Gasteiger partial charge in [0.1, 0.15) is 0 Å². The number of nitrogens with zero attached hydrogens (tertiary/aromatic N) is 4. The quantitative estimate of drug-likeness (QED) is 0.180. The highest BCUT2D eigenvalue weighted by Crippen LogP contribution is 2.66. The summed E-state index contributed by atoms with van der Waals surface area (Å²) in [5.74, 6) is 1.79. The van der Waals surface area contributed by atoms with Crippen LogP contribution in [0.5, 0.6) is 0 Å². The molecule has 0 aliphatic heterocycles. The maximum absolute atomic E-state index is 5.44. The Morgan fingerprint density at radius 1 is 0.547 bits per heavy atom. The third kappa shape index (κ3) is 3.96. The van der Waals surface area contributed by atoms with Crippen molar-refractivity contribution in [3.8, 4) is 51.0 Å². The first kappa shape index (κ1) is 30.2. The van der Waals surface area contributed by atoms with Gasteiger partial charge in [0, 0.05) is 45.0 Å². The Balaban J connectivity index is 1.38. The predicted octanol–water partition coefficient (Wildman–Crippen LogP) is 11.0. The van der Waals surface area contributed by atoms with Gasteiger partial charge in [-0.2, -0.15) is 9.97 Å². The van der Waals surface area contributed by atoms with E-state index in [0.717, 1.165) is 49.1 Å². The molecule has 250 valence electrons. The van der Waals surface area contributed by atoms with E-state index >= 15 is 0 Å². The molecule has 53 heavy (non-hydrogen) atoms. The molecule has 0 unspecified atom stereocenters. The van der Waals surface area contributed by atoms with E-state index < -0.39 is 5.41 Å². The minimum absolute atomic E-state index is 0.561. The van der Waals surface area contributed by atoms with Crippen LogP contribution in [0.15, 0.2) is 163 Å². The lowest BCUT2D eigenvalue weighted by Gasteiger charge is -2.32. The van der Waals surface area contributed by atoms with Crippen molar-refractivity contribution in [2.24, 2.45) is 0 Å². The monoisotopic (exact) mass is 697 g/mol. The van der Waals surface area contributed by atoms with Gasteiger partial charge in [0.2, 0.25) is 5.95 Å². The molecule has 2 heterocycles. The van der Waals surface area contributed by atoms with Crippen LogP contribution < -0.4 is 5.32 Å². The lowest BCUT2D eigenvalue weighted by atomic mass is 9.70. The van der Waals surface area contributed by atoms with E-state index in [4.69, 9.17) is 27.6 Å². The molecule has 0 bridgehead atoms. The van der Waals surface area contributed by atoms with Gasteiger partial charge >= 0.3 is 0 Å². The number of nitrogens with one attached hydrogen (secondary N) is 1. The van der Waals surface area contributed by atoms with Gasteiger partial charge < -0.3 is 5.32 Å². The zero-order valence-corrected chi connectivity index (χ0v) is 29.6. The van der Waals surface area contributed by atoms with Crippen LogP contribution in [0.4, 0.5) is 5.69 Å². The summed E-state index contributed by atoms with van der Waals surface area (Å²) in [4.78, 5) is 16.7. The molecule has 0 saturated carbocycles. The lowest BCUT2D eigenvalue weighted by molar-refractivity contribution is 0.794. The van der Waals surface area contributed by atoms with Crippen molar-refractivity contribution in [1.29, 1.82) is 0 Å². The van der Waals surface area contributed by atoms with E-state index in [0.29, 0.717) is 17.6 Å². The van der Waals surface area contributed by atoms with Crippen LogP contribution in [0, 0.1) is 0 Å². The van der Waals surface area contributed by atoms with Gasteiger partial charge in [0.15, 0.2) is 11.6 Å². The van der Waals surface area contributed by atoms with Crippen LogP contribution in [-0.4, -0.2) is 26.6 Å². The van der Waals surface area contributed by atoms with Gasteiger partial charge in [-0.05, 0) is 39.4 Å². The van der Waals surface area contributed by atoms with E-state index in [-0.39, 0.29) is 0 Å². The van der Waals surface area contributed by atoms with Crippen molar-refractivity contribution in [2.75, 3.05) is 12.4 Å². The maximum atomic E-state index is 5.44. The third-order valence-electron chi connectivity index (χ3n) is 11.2. The van der Waals surface area contributed by atoms with Crippen molar-refractivity contribution in [2.45, 2.75) is 10.3 Å². The van der Waals surface area contributed by atoms with Crippen LogP contribution in [0.25, 0.3) is 72.8 Å². The molecular formula is C47H31N5S. The van der Waals surface area contributed by atoms with Gasteiger partial charge in [-0.1, -0.05) is 152 Å². The Morgan fingerprint density at radius 2 is 1.04 bits per heavy atom. The number of anilines is 1. The molecule has 6 heteroatoms. The molecule has 5 nitrogen and oxygen atoms in total. The van der Waals surface area contributed by atoms with E-state index in [9.17, 15) is 0 Å². The summed E-state index contributed by atoms with van der Waals surface area (Å²) in [5, 5.41) is 5.79. The molecule has 1 spiro atoms. The van der Waals surface area contributed by atoms with Crippen molar-refractivity contribution in [3.63, 3.8) is 0 Å². The minimum Gasteiger partial charge on any atom is -0.387 e. The average molecular weight is 698 g/mol. The van der Waals surface area contributed by atoms with Gasteiger partial charge in [-0.3, -0.25) is 4.57 Å². The second-order valence-corrected chi connectivity index (χ2v) is 14.1. The van der Waals surface area contributed by atoms with Crippen molar-refractivity contribution < 1.29 is 0 Å². The first-order valence-corrected chi connectivity index (χ1v) is 18.3. The van der Waals surface area contributed by atoms with Gasteiger partial charge in [0.25, 0.3) is 0 Å². The van der Waals surface area contributed by atoms with E-state index in [1.807, 2.05) is 43.4 Å². The van der Waals surface area contributed by atoms with Crippen LogP contribution in [0.2, 0.25) is 0 Å². The Kier molecular flexibility index (Phi) is 6.40. The van der Waals surface area contributed by atoms with E-state index in [2.05, 4.69) is 131 Å². The molecule has 0 saturated heterocycles. The summed E-state index contributed by atoms with van der Waals surface area (Å²) in [6.07, 6.45) is 0. The number of hydrogen-bond acceptors (Lipinski definition) is 5. The molecule has 7 aromatic carbocycles. The standard InChI is InChI=1S/C47H31N5S/c1-48-41-39-33-23-11-15-27-37(33)52(46-50-44(28-16-4-2-5-17-28)49-45(51-46)29-18-6-3-7-19-29)42(39)40-38(43(41)53)32-22-10-14-26-36(32)47(40)34-24-12-8-20-30(34)31-21-9-13-25-35(31)47/h2-27,48,53H,1H3. The molecule has 11 rings (SSSR count). The largest absolute Gasteiger partial charge is 0.387 e. The molecule has 1 N–H and O–H groups in total. The summed E-state index contributed by atoms with van der Waals surface area (Å²) in [5.41, 5.74) is 14.0. The van der Waals surface area contributed by atoms with Crippen LogP contribution in [0.3, 0.4) is 0 Å². The number of aromatic nitrogens is 4. The third-order valence-corrected chi connectivity index (χ3v) is 11.6. The molecule has 2 aliphatic carbocycles. The number of thiol groups is 1.